The molecule has 2 aromatic rings. The predicted molar refractivity (Wildman–Crippen MR) is 80.2 cm³/mol. The third-order valence-electron chi connectivity index (χ3n) is 3.29. The normalized spacial score (nSPS) is 16.2. The van der Waals surface area contributed by atoms with E-state index in [1.165, 1.54) is 0 Å². The Balaban J connectivity index is 1.57. The SMILES string of the molecule is O=C(C[C@@H]1Oc2ccccc2NC1=O)NCc1cccnc1. The van der Waals surface area contributed by atoms with Crippen LogP contribution in [-0.2, 0) is 16.1 Å². The zero-order valence-corrected chi connectivity index (χ0v) is 11.8. The fourth-order valence-corrected chi connectivity index (χ4v) is 2.17. The van der Waals surface area contributed by atoms with Crippen molar-refractivity contribution < 1.29 is 14.3 Å². The molecule has 1 atom stereocenters. The maximum absolute atomic E-state index is 12.0. The number of carbonyl (C=O) groups excluding carboxylic acids is 2. The van der Waals surface area contributed by atoms with Crippen molar-refractivity contribution in [3.8, 4) is 5.75 Å². The van der Waals surface area contributed by atoms with Crippen molar-refractivity contribution in [2.45, 2.75) is 19.1 Å². The number of amides is 2. The van der Waals surface area contributed by atoms with Crippen LogP contribution in [0.15, 0.2) is 48.8 Å². The number of para-hydroxylation sites is 2. The molecule has 112 valence electrons. The second-order valence-electron chi connectivity index (χ2n) is 4.93. The molecule has 0 radical (unpaired) electrons. The molecule has 0 spiro atoms. The molecule has 0 bridgehead atoms. The number of aromatic nitrogens is 1. The van der Waals surface area contributed by atoms with Crippen LogP contribution in [0.4, 0.5) is 5.69 Å². The van der Waals surface area contributed by atoms with E-state index < -0.39 is 6.10 Å². The second kappa shape index (κ2) is 6.26. The highest BCUT2D eigenvalue weighted by atomic mass is 16.5. The zero-order valence-electron chi connectivity index (χ0n) is 11.8. The summed E-state index contributed by atoms with van der Waals surface area (Å²) < 4.78 is 5.58. The summed E-state index contributed by atoms with van der Waals surface area (Å²) in [6.45, 7) is 0.373. The van der Waals surface area contributed by atoms with Gasteiger partial charge in [0.1, 0.15) is 5.75 Å². The van der Waals surface area contributed by atoms with Crippen molar-refractivity contribution in [2.75, 3.05) is 5.32 Å². The quantitative estimate of drug-likeness (QED) is 0.896. The number of anilines is 1. The van der Waals surface area contributed by atoms with E-state index in [9.17, 15) is 9.59 Å². The van der Waals surface area contributed by atoms with Gasteiger partial charge in [0, 0.05) is 18.9 Å². The number of nitrogens with zero attached hydrogens (tertiary/aromatic N) is 1. The molecule has 22 heavy (non-hydrogen) atoms. The Bertz CT molecular complexity index is 688. The minimum atomic E-state index is -0.816. The van der Waals surface area contributed by atoms with Gasteiger partial charge in [0.05, 0.1) is 12.1 Å². The smallest absolute Gasteiger partial charge is 0.266 e. The lowest BCUT2D eigenvalue weighted by molar-refractivity contribution is -0.130. The van der Waals surface area contributed by atoms with Gasteiger partial charge in [0.15, 0.2) is 6.10 Å². The molecule has 1 aromatic carbocycles. The first kappa shape index (κ1) is 14.1. The number of hydrogen-bond donors (Lipinski definition) is 2. The van der Waals surface area contributed by atoms with Crippen molar-refractivity contribution in [3.63, 3.8) is 0 Å². The number of carbonyl (C=O) groups is 2. The molecule has 2 amide bonds. The fourth-order valence-electron chi connectivity index (χ4n) is 2.17. The molecule has 0 aliphatic carbocycles. The van der Waals surface area contributed by atoms with E-state index in [1.54, 1.807) is 30.6 Å². The van der Waals surface area contributed by atoms with Crippen LogP contribution in [0.1, 0.15) is 12.0 Å². The van der Waals surface area contributed by atoms with E-state index in [0.29, 0.717) is 18.0 Å². The third-order valence-corrected chi connectivity index (χ3v) is 3.29. The minimum absolute atomic E-state index is 0.0274. The van der Waals surface area contributed by atoms with Crippen molar-refractivity contribution in [3.05, 3.63) is 54.4 Å². The van der Waals surface area contributed by atoms with Crippen LogP contribution in [0.3, 0.4) is 0 Å². The molecule has 0 saturated carbocycles. The van der Waals surface area contributed by atoms with Crippen LogP contribution in [0.25, 0.3) is 0 Å². The maximum atomic E-state index is 12.0. The van der Waals surface area contributed by atoms with Gasteiger partial charge >= 0.3 is 0 Å². The predicted octanol–water partition coefficient (Wildman–Crippen LogP) is 1.49. The van der Waals surface area contributed by atoms with Gasteiger partial charge in [-0.15, -0.1) is 0 Å². The summed E-state index contributed by atoms with van der Waals surface area (Å²) in [5.74, 6) is 0.0192. The number of rotatable bonds is 4. The van der Waals surface area contributed by atoms with Crippen LogP contribution in [0.5, 0.6) is 5.75 Å². The van der Waals surface area contributed by atoms with Gasteiger partial charge in [-0.3, -0.25) is 14.6 Å². The van der Waals surface area contributed by atoms with Crippen molar-refractivity contribution in [1.82, 2.24) is 10.3 Å². The lowest BCUT2D eigenvalue weighted by atomic mass is 10.1. The molecule has 3 rings (SSSR count). The van der Waals surface area contributed by atoms with Gasteiger partial charge in [-0.25, -0.2) is 0 Å². The standard InChI is InChI=1S/C16H15N3O3/c20-15(18-10-11-4-3-7-17-9-11)8-14-16(21)19-12-5-1-2-6-13(12)22-14/h1-7,9,14H,8,10H2,(H,18,20)(H,19,21)/t14-/m0/s1. The number of fused-ring (bicyclic) bond motifs is 1. The first-order chi connectivity index (χ1) is 10.7. The lowest BCUT2D eigenvalue weighted by Crippen LogP contribution is -2.40. The van der Waals surface area contributed by atoms with Gasteiger partial charge in [-0.05, 0) is 23.8 Å². The molecule has 0 fully saturated rings. The molecule has 6 nitrogen and oxygen atoms in total. The second-order valence-corrected chi connectivity index (χ2v) is 4.93. The highest BCUT2D eigenvalue weighted by Gasteiger charge is 2.29. The summed E-state index contributed by atoms with van der Waals surface area (Å²) in [7, 11) is 0. The van der Waals surface area contributed by atoms with Gasteiger partial charge in [-0.2, -0.15) is 0 Å². The van der Waals surface area contributed by atoms with Crippen LogP contribution in [0.2, 0.25) is 0 Å². The molecule has 1 aliphatic heterocycles. The minimum Gasteiger partial charge on any atom is -0.478 e. The van der Waals surface area contributed by atoms with Crippen LogP contribution < -0.4 is 15.4 Å². The third kappa shape index (κ3) is 3.22. The Morgan fingerprint density at radius 3 is 2.95 bits per heavy atom. The highest BCUT2D eigenvalue weighted by Crippen LogP contribution is 2.29. The van der Waals surface area contributed by atoms with Gasteiger partial charge < -0.3 is 15.4 Å². The molecule has 6 heteroatoms. The van der Waals surface area contributed by atoms with Crippen LogP contribution >= 0.6 is 0 Å². The van der Waals surface area contributed by atoms with Crippen LogP contribution in [0, 0.1) is 0 Å². The first-order valence-corrected chi connectivity index (χ1v) is 6.94. The Labute approximate surface area is 127 Å². The van der Waals surface area contributed by atoms with Gasteiger partial charge in [0.2, 0.25) is 5.91 Å². The van der Waals surface area contributed by atoms with Crippen molar-refractivity contribution in [2.24, 2.45) is 0 Å². The highest BCUT2D eigenvalue weighted by molar-refractivity contribution is 5.99. The van der Waals surface area contributed by atoms with E-state index in [0.717, 1.165) is 5.56 Å². The number of ether oxygens (including phenoxy) is 1. The summed E-state index contributed by atoms with van der Waals surface area (Å²) in [6.07, 6.45) is 2.51. The molecule has 0 saturated heterocycles. The number of nitrogens with one attached hydrogen (secondary N) is 2. The molecule has 1 aliphatic rings. The first-order valence-electron chi connectivity index (χ1n) is 6.94. The van der Waals surface area contributed by atoms with E-state index in [2.05, 4.69) is 15.6 Å². The van der Waals surface area contributed by atoms with Crippen molar-refractivity contribution in [1.29, 1.82) is 0 Å². The van der Waals surface area contributed by atoms with E-state index in [4.69, 9.17) is 4.74 Å². The Morgan fingerprint density at radius 1 is 1.27 bits per heavy atom. The van der Waals surface area contributed by atoms with E-state index in [1.807, 2.05) is 18.2 Å². The number of pyridine rings is 1. The van der Waals surface area contributed by atoms with Gasteiger partial charge in [-0.1, -0.05) is 18.2 Å². The summed E-state index contributed by atoms with van der Waals surface area (Å²) in [4.78, 5) is 27.9. The Kier molecular flexibility index (Phi) is 4.00. The summed E-state index contributed by atoms with van der Waals surface area (Å²) in [6, 6.07) is 10.8. The Hall–Kier alpha value is -2.89. The molecular weight excluding hydrogens is 282 g/mol. The average Bonchev–Trinajstić information content (AvgIpc) is 2.55. The van der Waals surface area contributed by atoms with Gasteiger partial charge in [0.25, 0.3) is 5.91 Å². The van der Waals surface area contributed by atoms with E-state index >= 15 is 0 Å². The molecule has 1 aromatic heterocycles. The lowest BCUT2D eigenvalue weighted by Gasteiger charge is -2.25. The Morgan fingerprint density at radius 2 is 2.14 bits per heavy atom. The maximum Gasteiger partial charge on any atom is 0.266 e. The van der Waals surface area contributed by atoms with Crippen LogP contribution in [-0.4, -0.2) is 22.9 Å². The molecular formula is C16H15N3O3. The largest absolute Gasteiger partial charge is 0.478 e. The zero-order chi connectivity index (χ0) is 15.4. The topological polar surface area (TPSA) is 80.3 Å². The fraction of sp³-hybridized carbons (Fsp3) is 0.188. The average molecular weight is 297 g/mol. The summed E-state index contributed by atoms with van der Waals surface area (Å²) >= 11 is 0. The van der Waals surface area contributed by atoms with Crippen molar-refractivity contribution >= 4 is 17.5 Å². The molecule has 2 N–H and O–H groups in total. The monoisotopic (exact) mass is 297 g/mol. The van der Waals surface area contributed by atoms with E-state index in [-0.39, 0.29) is 18.2 Å². The number of benzene rings is 1. The molecule has 2 heterocycles. The summed E-state index contributed by atoms with van der Waals surface area (Å²) in [5, 5.41) is 5.49. The summed E-state index contributed by atoms with van der Waals surface area (Å²) in [5.41, 5.74) is 1.52. The number of hydrogen-bond acceptors (Lipinski definition) is 4. The molecule has 0 unspecified atom stereocenters.